The highest BCUT2D eigenvalue weighted by Crippen LogP contribution is 2.06. The minimum absolute atomic E-state index is 1.17. The zero-order valence-corrected chi connectivity index (χ0v) is 29.7. The van der Waals surface area contributed by atoms with Gasteiger partial charge in [-0.05, 0) is 19.3 Å². The van der Waals surface area contributed by atoms with Gasteiger partial charge >= 0.3 is 0 Å². The van der Waals surface area contributed by atoms with Crippen LogP contribution in [0.5, 0.6) is 0 Å². The molecule has 7 heteroatoms. The van der Waals surface area contributed by atoms with Crippen LogP contribution in [0.25, 0.3) is 0 Å². The van der Waals surface area contributed by atoms with E-state index in [1.165, 1.54) is 135 Å². The summed E-state index contributed by atoms with van der Waals surface area (Å²) in [5, 5.41) is 25.2. The molecule has 0 atom stereocenters. The highest BCUT2D eigenvalue weighted by Gasteiger charge is 1.99. The van der Waals surface area contributed by atoms with Crippen molar-refractivity contribution >= 4 is 7.32 Å². The third-order valence-electron chi connectivity index (χ3n) is 7.64. The van der Waals surface area contributed by atoms with Gasteiger partial charge in [0.25, 0.3) is 0 Å². The number of hydrogen-bond donors (Lipinski definition) is 0. The van der Waals surface area contributed by atoms with Gasteiger partial charge < -0.3 is 15.1 Å². The monoisotopic (exact) mass is 636 g/mol. The van der Waals surface area contributed by atoms with Gasteiger partial charge in [0, 0.05) is 55.7 Å². The lowest BCUT2D eigenvalue weighted by atomic mass is 10.1. The molecule has 0 amide bonds. The molecule has 0 aliphatic rings. The van der Waals surface area contributed by atoms with Crippen LogP contribution in [0, 0.1) is 0 Å². The Hall–Kier alpha value is -2.61. The van der Waals surface area contributed by atoms with Crippen LogP contribution in [-0.2, 0) is 19.6 Å². The Labute approximate surface area is 283 Å². The van der Waals surface area contributed by atoms with E-state index in [0.717, 1.165) is 0 Å². The topological polar surface area (TPSA) is 80.8 Å². The molecule has 3 heterocycles. The molecular formula is C39H66BN3O3. The zero-order chi connectivity index (χ0) is 33.8. The molecule has 0 saturated carbocycles. The lowest BCUT2D eigenvalue weighted by Crippen LogP contribution is -2.56. The van der Waals surface area contributed by atoms with E-state index in [1.54, 1.807) is 0 Å². The van der Waals surface area contributed by atoms with E-state index in [4.69, 9.17) is 15.1 Å². The second kappa shape index (κ2) is 35.3. The fraction of sp³-hybridized carbons (Fsp3) is 0.615. The summed E-state index contributed by atoms with van der Waals surface area (Å²) in [6.07, 6.45) is 37.6. The Bertz CT molecular complexity index is 841. The molecule has 0 N–H and O–H groups in total. The van der Waals surface area contributed by atoms with E-state index >= 15 is 0 Å². The largest absolute Gasteiger partial charge is 0.907 e. The number of aromatic nitrogens is 3. The van der Waals surface area contributed by atoms with Gasteiger partial charge in [-0.2, -0.15) is 0 Å². The molecule has 0 radical (unpaired) electrons. The summed E-state index contributed by atoms with van der Waals surface area (Å²) in [7, 11) is -2.92. The molecule has 0 spiro atoms. The van der Waals surface area contributed by atoms with Crippen molar-refractivity contribution in [2.45, 2.75) is 156 Å². The predicted octanol–water partition coefficient (Wildman–Crippen LogP) is 6.06. The van der Waals surface area contributed by atoms with Crippen LogP contribution in [-0.4, -0.2) is 7.32 Å². The van der Waals surface area contributed by atoms with Crippen molar-refractivity contribution in [2.24, 2.45) is 0 Å². The second-order valence-corrected chi connectivity index (χ2v) is 11.9. The Kier molecular flexibility index (Phi) is 33.3. The Morgan fingerprint density at radius 3 is 0.739 bits per heavy atom. The lowest BCUT2D eigenvalue weighted by Gasteiger charge is -2.35. The van der Waals surface area contributed by atoms with E-state index in [1.807, 2.05) is 0 Å². The van der Waals surface area contributed by atoms with Crippen LogP contribution in [0.2, 0.25) is 0 Å². The molecule has 0 unspecified atom stereocenters. The third kappa shape index (κ3) is 32.8. The molecule has 0 aliphatic carbocycles. The summed E-state index contributed by atoms with van der Waals surface area (Å²) in [6.45, 7) is 10.3. The summed E-state index contributed by atoms with van der Waals surface area (Å²) in [5.41, 5.74) is 0. The summed E-state index contributed by atoms with van der Waals surface area (Å²) in [6, 6.07) is 18.8. The molecule has 0 bridgehead atoms. The average molecular weight is 636 g/mol. The maximum Gasteiger partial charge on any atom is 0.168 e. The fourth-order valence-electron chi connectivity index (χ4n) is 4.97. The van der Waals surface area contributed by atoms with E-state index in [9.17, 15) is 0 Å². The van der Waals surface area contributed by atoms with Crippen LogP contribution >= 0.6 is 0 Å². The van der Waals surface area contributed by atoms with Gasteiger partial charge in [0.05, 0.1) is 0 Å². The van der Waals surface area contributed by atoms with Gasteiger partial charge in [-0.3, -0.25) is 7.32 Å². The minimum Gasteiger partial charge on any atom is -0.907 e. The number of aryl methyl sites for hydroxylation is 3. The molecule has 3 rings (SSSR count). The Morgan fingerprint density at radius 2 is 0.522 bits per heavy atom. The molecule has 0 fully saturated rings. The van der Waals surface area contributed by atoms with E-state index in [0.29, 0.717) is 0 Å². The van der Waals surface area contributed by atoms with Crippen LogP contribution < -0.4 is 28.8 Å². The summed E-state index contributed by atoms with van der Waals surface area (Å²) >= 11 is 0. The minimum atomic E-state index is -2.92. The summed E-state index contributed by atoms with van der Waals surface area (Å²) in [5.74, 6) is 0. The van der Waals surface area contributed by atoms with E-state index < -0.39 is 7.32 Å². The fourth-order valence-corrected chi connectivity index (χ4v) is 4.97. The quantitative estimate of drug-likeness (QED) is 0.0812. The smallest absolute Gasteiger partial charge is 0.168 e. The van der Waals surface area contributed by atoms with Gasteiger partial charge in [0.15, 0.2) is 37.2 Å². The van der Waals surface area contributed by atoms with E-state index in [2.05, 4.69) is 126 Å². The molecule has 0 aromatic carbocycles. The van der Waals surface area contributed by atoms with Gasteiger partial charge in [-0.15, -0.1) is 0 Å². The lowest BCUT2D eigenvalue weighted by molar-refractivity contribution is -0.697. The summed E-state index contributed by atoms with van der Waals surface area (Å²) in [4.78, 5) is 0. The molecule has 0 saturated heterocycles. The van der Waals surface area contributed by atoms with Gasteiger partial charge in [-0.1, -0.05) is 116 Å². The van der Waals surface area contributed by atoms with Crippen LogP contribution in [0.1, 0.15) is 136 Å². The van der Waals surface area contributed by atoms with Gasteiger partial charge in [0.2, 0.25) is 0 Å². The average Bonchev–Trinajstić information content (AvgIpc) is 3.08. The molecule has 46 heavy (non-hydrogen) atoms. The number of hydrogen-bond acceptors (Lipinski definition) is 3. The standard InChI is InChI=1S/3C13H22N.BO3/c3*1-2-3-4-5-6-8-11-14-12-9-7-10-13-14;2-1(3)4/h3*7,9-10,12-13H,2-6,8,11H2,1H3;/q3*+1;-3. The zero-order valence-electron chi connectivity index (χ0n) is 29.7. The van der Waals surface area contributed by atoms with Gasteiger partial charge in [0.1, 0.15) is 19.6 Å². The molecule has 6 nitrogen and oxygen atoms in total. The predicted molar refractivity (Wildman–Crippen MR) is 186 cm³/mol. The van der Waals surface area contributed by atoms with Crippen molar-refractivity contribution in [1.82, 2.24) is 0 Å². The first-order valence-electron chi connectivity index (χ1n) is 18.3. The first kappa shape index (κ1) is 43.4. The van der Waals surface area contributed by atoms with Crippen LogP contribution in [0.15, 0.2) is 91.8 Å². The molecule has 0 aliphatic heterocycles. The Balaban J connectivity index is 0.000000623. The van der Waals surface area contributed by atoms with Gasteiger partial charge in [-0.25, -0.2) is 13.7 Å². The van der Waals surface area contributed by atoms with Crippen molar-refractivity contribution in [1.29, 1.82) is 0 Å². The van der Waals surface area contributed by atoms with Crippen molar-refractivity contribution in [3.8, 4) is 0 Å². The number of pyridine rings is 3. The molecule has 3 aromatic heterocycles. The molecular weight excluding hydrogens is 569 g/mol. The van der Waals surface area contributed by atoms with Crippen molar-refractivity contribution < 1.29 is 28.8 Å². The highest BCUT2D eigenvalue weighted by atomic mass is 16.5. The number of nitrogens with zero attached hydrogens (tertiary/aromatic N) is 3. The maximum absolute atomic E-state index is 8.42. The maximum atomic E-state index is 8.42. The van der Waals surface area contributed by atoms with E-state index in [-0.39, 0.29) is 0 Å². The van der Waals surface area contributed by atoms with Crippen LogP contribution in [0.3, 0.4) is 0 Å². The molecule has 258 valence electrons. The second-order valence-electron chi connectivity index (χ2n) is 11.9. The SMILES string of the molecule is CCCCCCCC[n+]1ccccc1.CCCCCCCC[n+]1ccccc1.CCCCCCCC[n+]1ccccc1.[O-]B([O-])[O-]. The van der Waals surface area contributed by atoms with Crippen molar-refractivity contribution in [3.63, 3.8) is 0 Å². The third-order valence-corrected chi connectivity index (χ3v) is 7.64. The van der Waals surface area contributed by atoms with Crippen molar-refractivity contribution in [3.05, 3.63) is 91.8 Å². The normalized spacial score (nSPS) is 10.0. The highest BCUT2D eigenvalue weighted by molar-refractivity contribution is 6.24. The first-order valence-corrected chi connectivity index (χ1v) is 18.3. The Morgan fingerprint density at radius 1 is 0.326 bits per heavy atom. The van der Waals surface area contributed by atoms with Crippen LogP contribution in [0.4, 0.5) is 0 Å². The number of rotatable bonds is 21. The summed E-state index contributed by atoms with van der Waals surface area (Å²) < 4.78 is 6.79. The first-order chi connectivity index (χ1) is 22.5. The number of unbranched alkanes of at least 4 members (excludes halogenated alkanes) is 15. The van der Waals surface area contributed by atoms with Crippen molar-refractivity contribution in [2.75, 3.05) is 0 Å². The molecule has 3 aromatic rings.